The Morgan fingerprint density at radius 1 is 0.950 bits per heavy atom. The molecule has 20 heavy (non-hydrogen) atoms. The molecule has 0 amide bonds. The van der Waals surface area contributed by atoms with Crippen molar-refractivity contribution in [1.82, 2.24) is 0 Å². The summed E-state index contributed by atoms with van der Waals surface area (Å²) in [5.74, 6) is -2.07. The van der Waals surface area contributed by atoms with E-state index in [1.54, 1.807) is 0 Å². The topological polar surface area (TPSA) is 12.0 Å². The molecule has 0 aromatic heterocycles. The standard InChI is InChI=1S/C14H10F5N/c15-11-5-2-6-12(13(11)16)20-8-9-3-1-4-10(7-9)14(17,18)19/h1-7,20H,8H2. The molecule has 0 radical (unpaired) electrons. The summed E-state index contributed by atoms with van der Waals surface area (Å²) in [7, 11) is 0. The quantitative estimate of drug-likeness (QED) is 0.814. The maximum atomic E-state index is 13.4. The Labute approximate surface area is 112 Å². The molecular weight excluding hydrogens is 277 g/mol. The minimum atomic E-state index is -4.43. The molecule has 2 aromatic rings. The van der Waals surface area contributed by atoms with Crippen molar-refractivity contribution in [1.29, 1.82) is 0 Å². The first-order valence-electron chi connectivity index (χ1n) is 5.72. The van der Waals surface area contributed by atoms with Crippen molar-refractivity contribution in [3.8, 4) is 0 Å². The number of anilines is 1. The number of hydrogen-bond donors (Lipinski definition) is 1. The molecule has 1 nitrogen and oxygen atoms in total. The van der Waals surface area contributed by atoms with Crippen LogP contribution in [0, 0.1) is 11.6 Å². The van der Waals surface area contributed by atoms with Crippen molar-refractivity contribution >= 4 is 5.69 Å². The fourth-order valence-electron chi connectivity index (χ4n) is 1.70. The molecule has 2 aromatic carbocycles. The monoisotopic (exact) mass is 287 g/mol. The van der Waals surface area contributed by atoms with Crippen LogP contribution < -0.4 is 5.32 Å². The van der Waals surface area contributed by atoms with Gasteiger partial charge in [-0.25, -0.2) is 8.78 Å². The summed E-state index contributed by atoms with van der Waals surface area (Å²) in [5.41, 5.74) is -0.553. The molecule has 0 unspecified atom stereocenters. The van der Waals surface area contributed by atoms with Gasteiger partial charge in [0.15, 0.2) is 11.6 Å². The van der Waals surface area contributed by atoms with Crippen LogP contribution in [0.1, 0.15) is 11.1 Å². The van der Waals surface area contributed by atoms with E-state index in [9.17, 15) is 22.0 Å². The summed E-state index contributed by atoms with van der Waals surface area (Å²) in [6, 6.07) is 8.24. The Morgan fingerprint density at radius 2 is 1.65 bits per heavy atom. The van der Waals surface area contributed by atoms with E-state index in [2.05, 4.69) is 5.32 Å². The molecule has 0 atom stereocenters. The lowest BCUT2D eigenvalue weighted by Gasteiger charge is -2.11. The second-order valence-electron chi connectivity index (χ2n) is 4.15. The maximum absolute atomic E-state index is 13.4. The molecule has 0 aliphatic heterocycles. The first-order valence-corrected chi connectivity index (χ1v) is 5.72. The van der Waals surface area contributed by atoms with Gasteiger partial charge >= 0.3 is 6.18 Å². The van der Waals surface area contributed by atoms with E-state index in [1.165, 1.54) is 24.3 Å². The molecular formula is C14H10F5N. The van der Waals surface area contributed by atoms with Crippen molar-refractivity contribution in [2.75, 3.05) is 5.32 Å². The second-order valence-corrected chi connectivity index (χ2v) is 4.15. The second kappa shape index (κ2) is 5.48. The van der Waals surface area contributed by atoms with Crippen molar-refractivity contribution < 1.29 is 22.0 Å². The number of hydrogen-bond acceptors (Lipinski definition) is 1. The van der Waals surface area contributed by atoms with E-state index in [1.807, 2.05) is 0 Å². The zero-order valence-corrected chi connectivity index (χ0v) is 10.1. The van der Waals surface area contributed by atoms with Crippen LogP contribution in [-0.2, 0) is 12.7 Å². The highest BCUT2D eigenvalue weighted by atomic mass is 19.4. The molecule has 0 aliphatic rings. The predicted octanol–water partition coefficient (Wildman–Crippen LogP) is 4.60. The number of benzene rings is 2. The third-order valence-electron chi connectivity index (χ3n) is 2.69. The highest BCUT2D eigenvalue weighted by Crippen LogP contribution is 2.29. The van der Waals surface area contributed by atoms with Crippen LogP contribution >= 0.6 is 0 Å². The minimum Gasteiger partial charge on any atom is -0.379 e. The number of rotatable bonds is 3. The van der Waals surface area contributed by atoms with Gasteiger partial charge in [0.1, 0.15) is 0 Å². The van der Waals surface area contributed by atoms with Crippen LogP contribution in [0.3, 0.4) is 0 Å². The largest absolute Gasteiger partial charge is 0.416 e. The van der Waals surface area contributed by atoms with Crippen LogP contribution in [0.4, 0.5) is 27.6 Å². The highest BCUT2D eigenvalue weighted by molar-refractivity contribution is 5.45. The Hall–Kier alpha value is -2.11. The molecule has 0 bridgehead atoms. The van der Waals surface area contributed by atoms with Crippen LogP contribution in [0.15, 0.2) is 42.5 Å². The Bertz CT molecular complexity index is 607. The molecule has 1 N–H and O–H groups in total. The number of alkyl halides is 3. The third-order valence-corrected chi connectivity index (χ3v) is 2.69. The van der Waals surface area contributed by atoms with Crippen molar-refractivity contribution in [3.63, 3.8) is 0 Å². The molecule has 0 heterocycles. The van der Waals surface area contributed by atoms with Gasteiger partial charge in [-0.1, -0.05) is 18.2 Å². The van der Waals surface area contributed by atoms with Gasteiger partial charge in [0.2, 0.25) is 0 Å². The Morgan fingerprint density at radius 3 is 2.35 bits per heavy atom. The summed E-state index contributed by atoms with van der Waals surface area (Å²) >= 11 is 0. The molecule has 0 saturated carbocycles. The molecule has 0 spiro atoms. The van der Waals surface area contributed by atoms with Gasteiger partial charge < -0.3 is 5.32 Å². The van der Waals surface area contributed by atoms with Crippen LogP contribution in [0.25, 0.3) is 0 Å². The first kappa shape index (κ1) is 14.3. The van der Waals surface area contributed by atoms with Crippen molar-refractivity contribution in [2.45, 2.75) is 12.7 Å². The van der Waals surface area contributed by atoms with Crippen LogP contribution in [0.2, 0.25) is 0 Å². The van der Waals surface area contributed by atoms with Crippen LogP contribution in [0.5, 0.6) is 0 Å². The smallest absolute Gasteiger partial charge is 0.379 e. The molecule has 106 valence electrons. The number of nitrogens with one attached hydrogen (secondary N) is 1. The van der Waals surface area contributed by atoms with Gasteiger partial charge in [0.05, 0.1) is 11.3 Å². The van der Waals surface area contributed by atoms with Gasteiger partial charge in [-0.2, -0.15) is 13.2 Å². The SMILES string of the molecule is Fc1cccc(NCc2cccc(C(F)(F)F)c2)c1F. The first-order chi connectivity index (χ1) is 9.38. The summed E-state index contributed by atoms with van der Waals surface area (Å²) in [4.78, 5) is 0. The summed E-state index contributed by atoms with van der Waals surface area (Å²) < 4.78 is 63.9. The lowest BCUT2D eigenvalue weighted by atomic mass is 10.1. The Kier molecular flexibility index (Phi) is 3.92. The molecule has 2 rings (SSSR count). The van der Waals surface area contributed by atoms with Crippen molar-refractivity contribution in [2.24, 2.45) is 0 Å². The average molecular weight is 287 g/mol. The van der Waals surface area contributed by atoms with Gasteiger partial charge in [-0.3, -0.25) is 0 Å². The molecule has 6 heteroatoms. The lowest BCUT2D eigenvalue weighted by Crippen LogP contribution is -2.07. The molecule has 0 saturated heterocycles. The normalized spacial score (nSPS) is 11.4. The molecule has 0 aliphatic carbocycles. The fraction of sp³-hybridized carbons (Fsp3) is 0.143. The summed E-state index contributed by atoms with van der Waals surface area (Å²) in [5, 5.41) is 2.57. The minimum absolute atomic E-state index is 0.0374. The van der Waals surface area contributed by atoms with E-state index < -0.39 is 23.4 Å². The maximum Gasteiger partial charge on any atom is 0.416 e. The highest BCUT2D eigenvalue weighted by Gasteiger charge is 2.30. The van der Waals surface area contributed by atoms with Crippen molar-refractivity contribution in [3.05, 3.63) is 65.2 Å². The Balaban J connectivity index is 2.13. The zero-order valence-electron chi connectivity index (χ0n) is 10.1. The van der Waals surface area contributed by atoms with E-state index in [-0.39, 0.29) is 12.2 Å². The van der Waals surface area contributed by atoms with Gasteiger partial charge in [0.25, 0.3) is 0 Å². The summed E-state index contributed by atoms with van der Waals surface area (Å²) in [6.45, 7) is -0.0374. The van der Waals surface area contributed by atoms with E-state index >= 15 is 0 Å². The summed E-state index contributed by atoms with van der Waals surface area (Å²) in [6.07, 6.45) is -4.43. The van der Waals surface area contributed by atoms with E-state index in [0.29, 0.717) is 5.56 Å². The number of halogens is 5. The van der Waals surface area contributed by atoms with Gasteiger partial charge in [0, 0.05) is 6.54 Å². The fourth-order valence-corrected chi connectivity index (χ4v) is 1.70. The van der Waals surface area contributed by atoms with Gasteiger partial charge in [-0.05, 0) is 29.8 Å². The predicted molar refractivity (Wildman–Crippen MR) is 65.1 cm³/mol. The average Bonchev–Trinajstić information content (AvgIpc) is 2.40. The lowest BCUT2D eigenvalue weighted by molar-refractivity contribution is -0.137. The van der Waals surface area contributed by atoms with Gasteiger partial charge in [-0.15, -0.1) is 0 Å². The molecule has 0 fully saturated rings. The van der Waals surface area contributed by atoms with E-state index in [4.69, 9.17) is 0 Å². The van der Waals surface area contributed by atoms with Crippen LogP contribution in [-0.4, -0.2) is 0 Å². The zero-order chi connectivity index (χ0) is 14.8. The third kappa shape index (κ3) is 3.26. The van der Waals surface area contributed by atoms with E-state index in [0.717, 1.165) is 18.2 Å².